The van der Waals surface area contributed by atoms with Crippen molar-refractivity contribution in [1.82, 2.24) is 24.7 Å². The fraction of sp³-hybridized carbons (Fsp3) is 0.217. The maximum atomic E-state index is 13.1. The fourth-order valence-electron chi connectivity index (χ4n) is 3.38. The zero-order valence-corrected chi connectivity index (χ0v) is 19.1. The van der Waals surface area contributed by atoms with Gasteiger partial charge in [-0.25, -0.2) is 0 Å². The number of rotatable bonds is 5. The molecule has 0 N–H and O–H groups in total. The Bertz CT molecular complexity index is 1350. The molecule has 35 heavy (non-hydrogen) atoms. The van der Waals surface area contributed by atoms with Crippen molar-refractivity contribution in [2.45, 2.75) is 24.2 Å². The molecular weight excluding hydrogens is 492 g/mol. The summed E-state index contributed by atoms with van der Waals surface area (Å²) in [5.74, 6) is 1.12. The molecule has 5 nitrogen and oxygen atoms in total. The lowest BCUT2D eigenvalue weighted by molar-refractivity contribution is -0.138. The number of hydrogen-bond donors (Lipinski definition) is 0. The minimum absolute atomic E-state index is 0.00661. The summed E-state index contributed by atoms with van der Waals surface area (Å²) >= 11 is 1.44. The number of thioether (sulfide) groups is 1. The number of alkyl halides is 6. The summed E-state index contributed by atoms with van der Waals surface area (Å²) in [6.07, 6.45) is -6.39. The molecule has 182 valence electrons. The third-order valence-electron chi connectivity index (χ3n) is 5.10. The first kappa shape index (κ1) is 24.7. The van der Waals surface area contributed by atoms with Gasteiger partial charge in [-0.3, -0.25) is 9.97 Å². The Balaban J connectivity index is 1.73. The summed E-state index contributed by atoms with van der Waals surface area (Å²) in [6, 6.07) is 8.32. The van der Waals surface area contributed by atoms with Gasteiger partial charge in [-0.2, -0.15) is 26.3 Å². The largest absolute Gasteiger partial charge is 0.416 e. The van der Waals surface area contributed by atoms with Gasteiger partial charge >= 0.3 is 12.4 Å². The molecule has 0 fully saturated rings. The third-order valence-corrected chi connectivity index (χ3v) is 6.01. The molecule has 0 aliphatic rings. The summed E-state index contributed by atoms with van der Waals surface area (Å²) in [6.45, 7) is 1.92. The Morgan fingerprint density at radius 1 is 0.800 bits per heavy atom. The van der Waals surface area contributed by atoms with Crippen molar-refractivity contribution in [3.05, 3.63) is 66.0 Å². The minimum atomic E-state index is -4.53. The maximum Gasteiger partial charge on any atom is 0.416 e. The van der Waals surface area contributed by atoms with Crippen LogP contribution >= 0.6 is 11.8 Å². The summed E-state index contributed by atoms with van der Waals surface area (Å²) in [4.78, 5) is 9.17. The fourth-order valence-corrected chi connectivity index (χ4v) is 4.18. The Morgan fingerprint density at radius 2 is 1.46 bits per heavy atom. The van der Waals surface area contributed by atoms with Crippen LogP contribution in [0.5, 0.6) is 0 Å². The molecule has 0 saturated carbocycles. The summed E-state index contributed by atoms with van der Waals surface area (Å²) in [7, 11) is 1.60. The van der Waals surface area contributed by atoms with E-state index in [9.17, 15) is 26.3 Å². The molecule has 0 aliphatic heterocycles. The van der Waals surface area contributed by atoms with Crippen molar-refractivity contribution in [2.75, 3.05) is 5.75 Å². The van der Waals surface area contributed by atoms with Crippen molar-refractivity contribution >= 4 is 11.8 Å². The topological polar surface area (TPSA) is 56.5 Å². The van der Waals surface area contributed by atoms with Crippen LogP contribution in [0.3, 0.4) is 0 Å². The van der Waals surface area contributed by atoms with Gasteiger partial charge in [0.1, 0.15) is 11.4 Å². The van der Waals surface area contributed by atoms with E-state index in [1.165, 1.54) is 34.7 Å². The highest BCUT2D eigenvalue weighted by molar-refractivity contribution is 7.99. The van der Waals surface area contributed by atoms with Gasteiger partial charge in [0.2, 0.25) is 0 Å². The Kier molecular flexibility index (Phi) is 6.58. The second kappa shape index (κ2) is 9.33. The molecule has 0 radical (unpaired) electrons. The summed E-state index contributed by atoms with van der Waals surface area (Å²) in [5.41, 5.74) is 0.0205. The predicted molar refractivity (Wildman–Crippen MR) is 119 cm³/mol. The lowest BCUT2D eigenvalue weighted by atomic mass is 10.0. The number of halogens is 6. The van der Waals surface area contributed by atoms with Crippen molar-refractivity contribution in [1.29, 1.82) is 0 Å². The van der Waals surface area contributed by atoms with Gasteiger partial charge in [0.15, 0.2) is 11.6 Å². The van der Waals surface area contributed by atoms with Crippen molar-refractivity contribution < 1.29 is 26.3 Å². The standard InChI is InChI=1S/C23H17F6N5S/c1-3-35-18-10-14(13-4-6-15(7-5-13)22(24,25)26)12-31-19(18)21-33-32-20(34(21)2)17-11-16(8-9-30-17)23(27,28)29/h4-12H,3H2,1-2H3. The highest BCUT2D eigenvalue weighted by Gasteiger charge is 2.32. The molecule has 4 aromatic rings. The van der Waals surface area contributed by atoms with Crippen LogP contribution in [-0.2, 0) is 19.4 Å². The van der Waals surface area contributed by atoms with Gasteiger partial charge < -0.3 is 4.57 Å². The highest BCUT2D eigenvalue weighted by Crippen LogP contribution is 2.36. The molecule has 0 atom stereocenters. The number of benzene rings is 1. The van der Waals surface area contributed by atoms with E-state index in [4.69, 9.17) is 0 Å². The molecule has 0 unspecified atom stereocenters. The van der Waals surface area contributed by atoms with Gasteiger partial charge in [-0.05, 0) is 41.6 Å². The van der Waals surface area contributed by atoms with E-state index in [0.29, 0.717) is 33.3 Å². The lowest BCUT2D eigenvalue weighted by Gasteiger charge is -2.12. The molecule has 0 bridgehead atoms. The summed E-state index contributed by atoms with van der Waals surface area (Å²) in [5, 5.41) is 8.16. The Hall–Kier alpha value is -3.41. The molecule has 3 heterocycles. The smallest absolute Gasteiger partial charge is 0.307 e. The van der Waals surface area contributed by atoms with Crippen LogP contribution in [-0.4, -0.2) is 30.5 Å². The van der Waals surface area contributed by atoms with Crippen LogP contribution in [0.25, 0.3) is 34.2 Å². The first-order chi connectivity index (χ1) is 16.5. The average molecular weight is 509 g/mol. The normalized spacial score (nSPS) is 12.2. The van der Waals surface area contributed by atoms with E-state index < -0.39 is 23.5 Å². The van der Waals surface area contributed by atoms with Crippen LogP contribution in [0.2, 0.25) is 0 Å². The number of aromatic nitrogens is 5. The van der Waals surface area contributed by atoms with Crippen LogP contribution in [0.4, 0.5) is 26.3 Å². The van der Waals surface area contributed by atoms with Crippen LogP contribution in [0, 0.1) is 0 Å². The molecular formula is C23H17F6N5S. The zero-order valence-electron chi connectivity index (χ0n) is 18.3. The van der Waals surface area contributed by atoms with Crippen molar-refractivity contribution in [3.63, 3.8) is 0 Å². The molecule has 4 rings (SSSR count). The van der Waals surface area contributed by atoms with Crippen LogP contribution < -0.4 is 0 Å². The molecule has 12 heteroatoms. The first-order valence-electron chi connectivity index (χ1n) is 10.2. The Morgan fingerprint density at radius 3 is 2.09 bits per heavy atom. The quantitative estimate of drug-likeness (QED) is 0.220. The first-order valence-corrected chi connectivity index (χ1v) is 11.2. The van der Waals surface area contributed by atoms with E-state index in [0.717, 1.165) is 30.5 Å². The van der Waals surface area contributed by atoms with Gasteiger partial charge in [0.25, 0.3) is 0 Å². The predicted octanol–water partition coefficient (Wildman–Crippen LogP) is 6.76. The molecule has 0 saturated heterocycles. The monoisotopic (exact) mass is 509 g/mol. The number of nitrogens with zero attached hydrogens (tertiary/aromatic N) is 5. The molecule has 3 aromatic heterocycles. The molecule has 0 spiro atoms. The number of pyridine rings is 2. The third kappa shape index (κ3) is 5.16. The maximum absolute atomic E-state index is 13.1. The van der Waals surface area contributed by atoms with Gasteiger partial charge in [0, 0.05) is 29.9 Å². The van der Waals surface area contributed by atoms with Crippen LogP contribution in [0.15, 0.2) is 59.8 Å². The highest BCUT2D eigenvalue weighted by atomic mass is 32.2. The summed E-state index contributed by atoms with van der Waals surface area (Å²) < 4.78 is 79.5. The SMILES string of the molecule is CCSc1cc(-c2ccc(C(F)(F)F)cc2)cnc1-c1nnc(-c2cc(C(F)(F)F)ccn2)n1C. The zero-order chi connectivity index (χ0) is 25.4. The van der Waals surface area contributed by atoms with Gasteiger partial charge in [0.05, 0.1) is 11.1 Å². The second-order valence-corrected chi connectivity index (χ2v) is 8.72. The van der Waals surface area contributed by atoms with E-state index >= 15 is 0 Å². The molecule has 0 amide bonds. The average Bonchev–Trinajstić information content (AvgIpc) is 3.19. The van der Waals surface area contributed by atoms with E-state index in [2.05, 4.69) is 20.2 Å². The van der Waals surface area contributed by atoms with E-state index in [1.807, 2.05) is 6.92 Å². The Labute approximate surface area is 200 Å². The van der Waals surface area contributed by atoms with E-state index in [-0.39, 0.29) is 11.5 Å². The second-order valence-electron chi connectivity index (χ2n) is 7.41. The van der Waals surface area contributed by atoms with Gasteiger partial charge in [-0.15, -0.1) is 22.0 Å². The van der Waals surface area contributed by atoms with Crippen LogP contribution in [0.1, 0.15) is 18.1 Å². The lowest BCUT2D eigenvalue weighted by Crippen LogP contribution is -2.06. The molecule has 1 aromatic carbocycles. The van der Waals surface area contributed by atoms with Crippen molar-refractivity contribution in [3.8, 4) is 34.2 Å². The van der Waals surface area contributed by atoms with E-state index in [1.54, 1.807) is 13.1 Å². The van der Waals surface area contributed by atoms with Crippen molar-refractivity contribution in [2.24, 2.45) is 7.05 Å². The molecule has 0 aliphatic carbocycles. The number of hydrogen-bond acceptors (Lipinski definition) is 5. The minimum Gasteiger partial charge on any atom is -0.307 e. The van der Waals surface area contributed by atoms with Gasteiger partial charge in [-0.1, -0.05) is 19.1 Å².